The number of benzene rings is 3. The number of carbonyl (C=O) groups is 1. The molecule has 0 atom stereocenters. The van der Waals surface area contributed by atoms with Crippen LogP contribution in [0.5, 0.6) is 0 Å². The number of H-pyrrole nitrogens is 1. The van der Waals surface area contributed by atoms with Gasteiger partial charge in [-0.1, -0.05) is 53.5 Å². The van der Waals surface area contributed by atoms with Crippen LogP contribution in [0.4, 0.5) is 0 Å². The first-order chi connectivity index (χ1) is 15.8. The number of carboxylic acid groups (broad SMARTS) is 1. The molecule has 164 valence electrons. The highest BCUT2D eigenvalue weighted by Crippen LogP contribution is 2.32. The molecule has 0 spiro atoms. The molecule has 0 saturated heterocycles. The molecule has 0 fully saturated rings. The van der Waals surface area contributed by atoms with Gasteiger partial charge < -0.3 is 14.7 Å². The van der Waals surface area contributed by atoms with Crippen molar-refractivity contribution in [2.75, 3.05) is 0 Å². The van der Waals surface area contributed by atoms with Crippen molar-refractivity contribution in [2.45, 2.75) is 6.54 Å². The molecule has 0 aliphatic heterocycles. The van der Waals surface area contributed by atoms with Crippen molar-refractivity contribution in [3.8, 4) is 5.69 Å². The van der Waals surface area contributed by atoms with Crippen LogP contribution >= 0.6 is 23.2 Å². The van der Waals surface area contributed by atoms with Gasteiger partial charge in [0.2, 0.25) is 0 Å². The van der Waals surface area contributed by atoms with E-state index in [1.165, 1.54) is 18.2 Å². The van der Waals surface area contributed by atoms with Crippen LogP contribution in [0, 0.1) is 0 Å². The molecule has 5 aromatic rings. The molecule has 2 aromatic heterocycles. The van der Waals surface area contributed by atoms with E-state index in [-0.39, 0.29) is 28.8 Å². The van der Waals surface area contributed by atoms with Gasteiger partial charge in [-0.3, -0.25) is 4.79 Å². The quantitative estimate of drug-likeness (QED) is 0.390. The zero-order valence-corrected chi connectivity index (χ0v) is 18.4. The van der Waals surface area contributed by atoms with Crippen molar-refractivity contribution in [2.24, 2.45) is 0 Å². The number of aromatic amines is 1. The molecule has 0 bridgehead atoms. The first kappa shape index (κ1) is 21.1. The summed E-state index contributed by atoms with van der Waals surface area (Å²) in [4.78, 5) is 41.6. The summed E-state index contributed by atoms with van der Waals surface area (Å²) in [5, 5.41) is 11.5. The Kier molecular flexibility index (Phi) is 5.08. The zero-order chi connectivity index (χ0) is 23.3. The Balaban J connectivity index is 1.92. The summed E-state index contributed by atoms with van der Waals surface area (Å²) in [5.41, 5.74) is -0.0404. The lowest BCUT2D eigenvalue weighted by Gasteiger charge is -2.10. The number of hydrogen-bond acceptors (Lipinski definition) is 3. The van der Waals surface area contributed by atoms with Gasteiger partial charge in [0.1, 0.15) is 0 Å². The average Bonchev–Trinajstić information content (AvgIpc) is 3.07. The third-order valence-electron chi connectivity index (χ3n) is 5.47. The number of hydrogen-bond donors (Lipinski definition) is 2. The summed E-state index contributed by atoms with van der Waals surface area (Å²) >= 11 is 12.2. The highest BCUT2D eigenvalue weighted by molar-refractivity contribution is 6.31. The fourth-order valence-corrected chi connectivity index (χ4v) is 4.42. The molecule has 33 heavy (non-hydrogen) atoms. The molecule has 0 saturated carbocycles. The maximum absolute atomic E-state index is 13.4. The van der Waals surface area contributed by atoms with Crippen LogP contribution in [0.25, 0.3) is 27.5 Å². The van der Waals surface area contributed by atoms with Gasteiger partial charge >= 0.3 is 11.7 Å². The Bertz CT molecular complexity index is 1680. The number of halogens is 2. The molecule has 0 aliphatic rings. The molecule has 0 aliphatic carbocycles. The van der Waals surface area contributed by atoms with E-state index in [4.69, 9.17) is 23.2 Å². The normalized spacial score (nSPS) is 11.3. The minimum Gasteiger partial charge on any atom is -0.477 e. The molecule has 7 nitrogen and oxygen atoms in total. The second kappa shape index (κ2) is 7.95. The van der Waals surface area contributed by atoms with E-state index in [2.05, 4.69) is 4.98 Å². The third kappa shape index (κ3) is 3.51. The van der Waals surface area contributed by atoms with E-state index in [0.717, 1.165) is 10.1 Å². The van der Waals surface area contributed by atoms with E-state index < -0.39 is 17.2 Å². The number of aromatic nitrogens is 3. The summed E-state index contributed by atoms with van der Waals surface area (Å²) < 4.78 is 2.41. The van der Waals surface area contributed by atoms with Gasteiger partial charge in [-0.25, -0.2) is 14.2 Å². The van der Waals surface area contributed by atoms with Crippen LogP contribution in [0.15, 0.2) is 76.3 Å². The number of aromatic carboxylic acids is 1. The topological polar surface area (TPSA) is 97.1 Å². The van der Waals surface area contributed by atoms with Crippen molar-refractivity contribution in [1.82, 2.24) is 14.1 Å². The fraction of sp³-hybridized carbons (Fsp3) is 0.0417. The highest BCUT2D eigenvalue weighted by Gasteiger charge is 2.27. The van der Waals surface area contributed by atoms with E-state index in [1.807, 2.05) is 30.3 Å². The number of fused-ring (bicyclic) bond motifs is 2. The second-order valence-corrected chi connectivity index (χ2v) is 8.37. The van der Waals surface area contributed by atoms with Gasteiger partial charge in [0.15, 0.2) is 5.69 Å². The predicted octanol–water partition coefficient (Wildman–Crippen LogP) is 4.69. The van der Waals surface area contributed by atoms with E-state index in [0.29, 0.717) is 20.9 Å². The largest absolute Gasteiger partial charge is 0.477 e. The van der Waals surface area contributed by atoms with Crippen LogP contribution < -0.4 is 11.2 Å². The molecule has 0 unspecified atom stereocenters. The maximum Gasteiger partial charge on any atom is 0.354 e. The van der Waals surface area contributed by atoms with Crippen molar-refractivity contribution >= 4 is 51.0 Å². The molecule has 2 heterocycles. The molecular weight excluding hydrogens is 465 g/mol. The standard InChI is InChI=1S/C24H15Cl2N3O4/c25-14-7-9-19-17(10-14)20(21(23(31)32)28(19)12-13-4-2-1-3-5-13)29-22(30)16-8-6-15(26)11-18(16)27-24(29)33/h1-11H,12H2,(H,27,33)(H,31,32). The lowest BCUT2D eigenvalue weighted by Crippen LogP contribution is -2.34. The van der Waals surface area contributed by atoms with Crippen LogP contribution in [0.3, 0.4) is 0 Å². The van der Waals surface area contributed by atoms with Gasteiger partial charge in [-0.15, -0.1) is 0 Å². The number of nitrogens with zero attached hydrogens (tertiary/aromatic N) is 2. The molecule has 9 heteroatoms. The molecule has 3 aromatic carbocycles. The van der Waals surface area contributed by atoms with Gasteiger partial charge in [0.25, 0.3) is 5.56 Å². The fourth-order valence-electron chi connectivity index (χ4n) is 4.08. The Morgan fingerprint density at radius 3 is 2.33 bits per heavy atom. The highest BCUT2D eigenvalue weighted by atomic mass is 35.5. The van der Waals surface area contributed by atoms with E-state index in [1.54, 1.807) is 22.8 Å². The third-order valence-corrected chi connectivity index (χ3v) is 5.94. The molecule has 2 N–H and O–H groups in total. The van der Waals surface area contributed by atoms with Crippen molar-refractivity contribution in [3.05, 3.63) is 109 Å². The van der Waals surface area contributed by atoms with Crippen LogP contribution in [-0.4, -0.2) is 25.2 Å². The maximum atomic E-state index is 13.4. The SMILES string of the molecule is O=C(O)c1c(-n2c(=O)[nH]c3cc(Cl)ccc3c2=O)c2cc(Cl)ccc2n1Cc1ccccc1. The van der Waals surface area contributed by atoms with Crippen LogP contribution in [0.1, 0.15) is 16.1 Å². The van der Waals surface area contributed by atoms with E-state index in [9.17, 15) is 19.5 Å². The van der Waals surface area contributed by atoms with Gasteiger partial charge in [-0.05, 0) is 42.0 Å². The van der Waals surface area contributed by atoms with Gasteiger partial charge in [0, 0.05) is 22.0 Å². The summed E-state index contributed by atoms with van der Waals surface area (Å²) in [6.07, 6.45) is 0. The number of rotatable bonds is 4. The summed E-state index contributed by atoms with van der Waals surface area (Å²) in [6.45, 7) is 0.219. The van der Waals surface area contributed by atoms with Crippen molar-refractivity contribution in [3.63, 3.8) is 0 Å². The summed E-state index contributed by atoms with van der Waals surface area (Å²) in [7, 11) is 0. The molecule has 5 rings (SSSR count). The van der Waals surface area contributed by atoms with Gasteiger partial charge in [0.05, 0.1) is 22.1 Å². The molecule has 0 amide bonds. The predicted molar refractivity (Wildman–Crippen MR) is 128 cm³/mol. The average molecular weight is 480 g/mol. The molecule has 0 radical (unpaired) electrons. The zero-order valence-electron chi connectivity index (χ0n) is 16.9. The van der Waals surface area contributed by atoms with Crippen molar-refractivity contribution < 1.29 is 9.90 Å². The van der Waals surface area contributed by atoms with Crippen LogP contribution in [0.2, 0.25) is 10.0 Å². The minimum atomic E-state index is -1.28. The smallest absolute Gasteiger partial charge is 0.354 e. The Morgan fingerprint density at radius 1 is 0.909 bits per heavy atom. The lowest BCUT2D eigenvalue weighted by molar-refractivity contribution is 0.0686. The number of nitrogens with one attached hydrogen (secondary N) is 1. The first-order valence-corrected chi connectivity index (χ1v) is 10.6. The van der Waals surface area contributed by atoms with E-state index >= 15 is 0 Å². The minimum absolute atomic E-state index is 0.0426. The monoisotopic (exact) mass is 479 g/mol. The Labute approximate surface area is 196 Å². The van der Waals surface area contributed by atoms with Crippen LogP contribution in [-0.2, 0) is 6.54 Å². The summed E-state index contributed by atoms with van der Waals surface area (Å²) in [6, 6.07) is 18.7. The summed E-state index contributed by atoms with van der Waals surface area (Å²) in [5.74, 6) is -1.28. The Hall–Kier alpha value is -3.81. The second-order valence-electron chi connectivity index (χ2n) is 7.50. The Morgan fingerprint density at radius 2 is 1.61 bits per heavy atom. The lowest BCUT2D eigenvalue weighted by atomic mass is 10.2. The first-order valence-electron chi connectivity index (χ1n) is 9.89. The number of carboxylic acids is 1. The molecular formula is C24H15Cl2N3O4. The van der Waals surface area contributed by atoms with Gasteiger partial charge in [-0.2, -0.15) is 0 Å². The van der Waals surface area contributed by atoms with Crippen molar-refractivity contribution in [1.29, 1.82) is 0 Å².